The fourth-order valence-electron chi connectivity index (χ4n) is 1.63. The molecule has 0 atom stereocenters. The molecule has 1 aliphatic heterocycles. The molecule has 0 bridgehead atoms. The van der Waals surface area contributed by atoms with Crippen molar-refractivity contribution in [2.24, 2.45) is 5.41 Å². The van der Waals surface area contributed by atoms with Crippen LogP contribution in [-0.2, 0) is 9.84 Å². The van der Waals surface area contributed by atoms with Crippen LogP contribution in [0.5, 0.6) is 0 Å². The smallest absolute Gasteiger partial charge is 0.152 e. The van der Waals surface area contributed by atoms with Crippen LogP contribution in [-0.4, -0.2) is 44.5 Å². The molecule has 84 valence electrons. The van der Waals surface area contributed by atoms with Crippen molar-refractivity contribution < 1.29 is 8.42 Å². The van der Waals surface area contributed by atoms with Crippen LogP contribution < -0.4 is 0 Å². The van der Waals surface area contributed by atoms with E-state index in [0.29, 0.717) is 30.0 Å². The third-order valence-electron chi connectivity index (χ3n) is 3.05. The fraction of sp³-hybridized carbons (Fsp3) is 1.00. The second kappa shape index (κ2) is 4.19. The van der Waals surface area contributed by atoms with E-state index < -0.39 is 9.84 Å². The van der Waals surface area contributed by atoms with Crippen molar-refractivity contribution >= 4 is 9.84 Å². The highest BCUT2D eigenvalue weighted by Crippen LogP contribution is 2.21. The van der Waals surface area contributed by atoms with Crippen LogP contribution in [0.1, 0.15) is 27.2 Å². The van der Waals surface area contributed by atoms with E-state index in [9.17, 15) is 8.42 Å². The van der Waals surface area contributed by atoms with E-state index in [2.05, 4.69) is 25.7 Å². The summed E-state index contributed by atoms with van der Waals surface area (Å²) < 4.78 is 22.4. The van der Waals surface area contributed by atoms with E-state index in [0.717, 1.165) is 13.0 Å². The quantitative estimate of drug-likeness (QED) is 0.714. The molecule has 0 aromatic heterocycles. The summed E-state index contributed by atoms with van der Waals surface area (Å²) >= 11 is 0. The number of hydrogen-bond donors (Lipinski definition) is 0. The predicted molar refractivity (Wildman–Crippen MR) is 59.2 cm³/mol. The molecule has 3 nitrogen and oxygen atoms in total. The molecule has 0 aromatic carbocycles. The molecule has 1 rings (SSSR count). The molecule has 14 heavy (non-hydrogen) atoms. The molecule has 0 saturated carbocycles. The Bertz CT molecular complexity index is 268. The molecule has 0 radical (unpaired) electrons. The van der Waals surface area contributed by atoms with Crippen molar-refractivity contribution in [2.45, 2.75) is 27.2 Å². The first kappa shape index (κ1) is 12.0. The molecule has 0 amide bonds. The van der Waals surface area contributed by atoms with Gasteiger partial charge in [0.25, 0.3) is 0 Å². The molecule has 1 saturated heterocycles. The van der Waals surface area contributed by atoms with Crippen LogP contribution in [0.4, 0.5) is 0 Å². The molecular weight excluding hydrogens is 198 g/mol. The lowest BCUT2D eigenvalue weighted by molar-refractivity contribution is 0.184. The van der Waals surface area contributed by atoms with Gasteiger partial charge in [-0.05, 0) is 11.8 Å². The van der Waals surface area contributed by atoms with Gasteiger partial charge in [0.2, 0.25) is 0 Å². The number of hydrogen-bond acceptors (Lipinski definition) is 3. The Kier molecular flexibility index (Phi) is 3.58. The predicted octanol–water partition coefficient (Wildman–Crippen LogP) is 1.15. The maximum absolute atomic E-state index is 11.2. The Hall–Kier alpha value is -0.0900. The van der Waals surface area contributed by atoms with Crippen LogP contribution in [0.2, 0.25) is 0 Å². The van der Waals surface area contributed by atoms with Gasteiger partial charge in [0, 0.05) is 19.6 Å². The van der Waals surface area contributed by atoms with Gasteiger partial charge in [0.1, 0.15) is 0 Å². The third kappa shape index (κ3) is 3.58. The van der Waals surface area contributed by atoms with Crippen molar-refractivity contribution in [3.8, 4) is 0 Å². The zero-order chi connectivity index (χ0) is 10.8. The summed E-state index contributed by atoms with van der Waals surface area (Å²) in [7, 11) is -2.72. The van der Waals surface area contributed by atoms with Crippen LogP contribution in [0.15, 0.2) is 0 Å². The zero-order valence-electron chi connectivity index (χ0n) is 9.41. The maximum Gasteiger partial charge on any atom is 0.152 e. The van der Waals surface area contributed by atoms with Crippen LogP contribution in [0.25, 0.3) is 0 Å². The lowest BCUT2D eigenvalue weighted by Crippen LogP contribution is -2.44. The van der Waals surface area contributed by atoms with Gasteiger partial charge in [-0.15, -0.1) is 0 Å². The van der Waals surface area contributed by atoms with E-state index >= 15 is 0 Å². The van der Waals surface area contributed by atoms with Gasteiger partial charge >= 0.3 is 0 Å². The van der Waals surface area contributed by atoms with Gasteiger partial charge in [0.15, 0.2) is 9.84 Å². The number of sulfone groups is 1. The summed E-state index contributed by atoms with van der Waals surface area (Å²) in [6, 6.07) is 0. The monoisotopic (exact) mass is 219 g/mol. The highest BCUT2D eigenvalue weighted by molar-refractivity contribution is 7.91. The summed E-state index contributed by atoms with van der Waals surface area (Å²) in [5.41, 5.74) is 0.307. The van der Waals surface area contributed by atoms with Gasteiger partial charge in [0.05, 0.1) is 11.5 Å². The van der Waals surface area contributed by atoms with Crippen molar-refractivity contribution in [3.63, 3.8) is 0 Å². The molecule has 0 aliphatic carbocycles. The van der Waals surface area contributed by atoms with Gasteiger partial charge in [-0.3, -0.25) is 0 Å². The Labute approximate surface area is 87.4 Å². The molecule has 0 unspecified atom stereocenters. The highest BCUT2D eigenvalue weighted by atomic mass is 32.2. The summed E-state index contributed by atoms with van der Waals surface area (Å²) in [6.45, 7) is 9.09. The van der Waals surface area contributed by atoms with Gasteiger partial charge in [-0.2, -0.15) is 0 Å². The van der Waals surface area contributed by atoms with Crippen molar-refractivity contribution in [2.75, 3.05) is 31.1 Å². The van der Waals surface area contributed by atoms with E-state index in [-0.39, 0.29) is 0 Å². The molecule has 0 spiro atoms. The largest absolute Gasteiger partial charge is 0.301 e. The first-order valence-electron chi connectivity index (χ1n) is 5.27. The Morgan fingerprint density at radius 1 is 1.21 bits per heavy atom. The van der Waals surface area contributed by atoms with Gasteiger partial charge in [-0.1, -0.05) is 20.8 Å². The van der Waals surface area contributed by atoms with E-state index in [1.165, 1.54) is 0 Å². The SMILES string of the molecule is CCC(C)(C)CN1CCS(=O)(=O)CC1. The lowest BCUT2D eigenvalue weighted by Gasteiger charge is -2.34. The van der Waals surface area contributed by atoms with Crippen LogP contribution >= 0.6 is 0 Å². The Morgan fingerprint density at radius 2 is 1.71 bits per heavy atom. The van der Waals surface area contributed by atoms with Crippen LogP contribution in [0, 0.1) is 5.41 Å². The number of nitrogens with zero attached hydrogens (tertiary/aromatic N) is 1. The zero-order valence-corrected chi connectivity index (χ0v) is 10.2. The Balaban J connectivity index is 2.44. The molecule has 4 heteroatoms. The average Bonchev–Trinajstić information content (AvgIpc) is 2.09. The van der Waals surface area contributed by atoms with E-state index in [4.69, 9.17) is 0 Å². The topological polar surface area (TPSA) is 37.4 Å². The minimum atomic E-state index is -2.72. The molecule has 1 fully saturated rings. The summed E-state index contributed by atoms with van der Waals surface area (Å²) in [4.78, 5) is 2.27. The van der Waals surface area contributed by atoms with Gasteiger partial charge in [-0.25, -0.2) is 8.42 Å². The standard InChI is InChI=1S/C10H21NO2S/c1-4-10(2,3)9-11-5-7-14(12,13)8-6-11/h4-9H2,1-3H3. The lowest BCUT2D eigenvalue weighted by atomic mass is 9.90. The second-order valence-corrected chi connectivity index (χ2v) is 7.25. The first-order chi connectivity index (χ1) is 6.35. The Morgan fingerprint density at radius 3 is 2.14 bits per heavy atom. The average molecular weight is 219 g/mol. The molecule has 0 N–H and O–H groups in total. The first-order valence-corrected chi connectivity index (χ1v) is 7.09. The molecule has 1 heterocycles. The third-order valence-corrected chi connectivity index (χ3v) is 4.65. The second-order valence-electron chi connectivity index (χ2n) is 4.95. The normalized spacial score (nSPS) is 23.6. The molecular formula is C10H21NO2S. The fourth-order valence-corrected chi connectivity index (χ4v) is 2.90. The summed E-state index contributed by atoms with van der Waals surface area (Å²) in [5.74, 6) is 0.680. The van der Waals surface area contributed by atoms with Crippen LogP contribution in [0.3, 0.4) is 0 Å². The van der Waals surface area contributed by atoms with Crippen molar-refractivity contribution in [1.82, 2.24) is 4.90 Å². The molecule has 0 aromatic rings. The van der Waals surface area contributed by atoms with Gasteiger partial charge < -0.3 is 4.90 Å². The molecule has 1 aliphatic rings. The van der Waals surface area contributed by atoms with Crippen molar-refractivity contribution in [3.05, 3.63) is 0 Å². The summed E-state index contributed by atoms with van der Waals surface area (Å²) in [5, 5.41) is 0. The maximum atomic E-state index is 11.2. The van der Waals surface area contributed by atoms with E-state index in [1.54, 1.807) is 0 Å². The number of rotatable bonds is 3. The minimum absolute atomic E-state index is 0.307. The summed E-state index contributed by atoms with van der Waals surface area (Å²) in [6.07, 6.45) is 1.14. The van der Waals surface area contributed by atoms with E-state index in [1.807, 2.05) is 0 Å². The highest BCUT2D eigenvalue weighted by Gasteiger charge is 2.25. The minimum Gasteiger partial charge on any atom is -0.301 e. The van der Waals surface area contributed by atoms with Crippen molar-refractivity contribution in [1.29, 1.82) is 0 Å².